The predicted molar refractivity (Wildman–Crippen MR) is 139 cm³/mol. The minimum absolute atomic E-state index is 0.0692. The van der Waals surface area contributed by atoms with Crippen LogP contribution in [0.5, 0.6) is 0 Å². The van der Waals surface area contributed by atoms with Crippen molar-refractivity contribution in [2.45, 2.75) is 70.6 Å². The van der Waals surface area contributed by atoms with E-state index in [1.54, 1.807) is 6.20 Å². The number of nitrogens with zero attached hydrogens (tertiary/aromatic N) is 3. The van der Waals surface area contributed by atoms with Crippen LogP contribution < -0.4 is 0 Å². The normalized spacial score (nSPS) is 17.1. The van der Waals surface area contributed by atoms with Crippen LogP contribution in [0.25, 0.3) is 11.1 Å². The van der Waals surface area contributed by atoms with Crippen molar-refractivity contribution in [3.05, 3.63) is 77.1 Å². The topological polar surface area (TPSA) is 64.4 Å². The molecule has 2 aromatic carbocycles. The summed E-state index contributed by atoms with van der Waals surface area (Å²) in [6, 6.07) is 16.0. The van der Waals surface area contributed by atoms with E-state index >= 15 is 0 Å². The van der Waals surface area contributed by atoms with Crippen LogP contribution in [-0.4, -0.2) is 44.4 Å². The summed E-state index contributed by atoms with van der Waals surface area (Å²) in [4.78, 5) is 28.2. The van der Waals surface area contributed by atoms with Crippen LogP contribution in [0.1, 0.15) is 67.2 Å². The summed E-state index contributed by atoms with van der Waals surface area (Å²) in [5.74, 6) is 2.70. The highest BCUT2D eigenvalue weighted by Crippen LogP contribution is 2.35. The van der Waals surface area contributed by atoms with Gasteiger partial charge < -0.3 is 9.64 Å². The molecule has 3 aromatic rings. The molecule has 1 aromatic heterocycles. The summed E-state index contributed by atoms with van der Waals surface area (Å²) in [6.45, 7) is 5.51. The molecule has 2 aliphatic carbocycles. The van der Waals surface area contributed by atoms with E-state index in [-0.39, 0.29) is 18.0 Å². The highest BCUT2D eigenvalue weighted by atomic mass is 16.6. The Bertz CT molecular complexity index is 1320. The highest BCUT2D eigenvalue weighted by Gasteiger charge is 2.39. The number of carbonyl (C=O) groups excluding carboxylic acids is 2. The average Bonchev–Trinajstić information content (AvgIpc) is 3.60. The highest BCUT2D eigenvalue weighted by molar-refractivity contribution is 5.95. The molecule has 1 heterocycles. The smallest absolute Gasteiger partial charge is 0.435 e. The maximum atomic E-state index is 13.6. The molecule has 1 unspecified atom stereocenters. The van der Waals surface area contributed by atoms with E-state index in [9.17, 15) is 9.59 Å². The number of carbonyl (C=O) groups is 2. The Morgan fingerprint density at radius 1 is 1.00 bits per heavy atom. The molecular weight excluding hydrogens is 450 g/mol. The van der Waals surface area contributed by atoms with Gasteiger partial charge in [0.25, 0.3) is 5.91 Å². The van der Waals surface area contributed by atoms with E-state index < -0.39 is 11.7 Å². The first-order chi connectivity index (χ1) is 17.2. The zero-order valence-corrected chi connectivity index (χ0v) is 21.0. The van der Waals surface area contributed by atoms with Gasteiger partial charge in [-0.15, -0.1) is 6.42 Å². The summed E-state index contributed by atoms with van der Waals surface area (Å²) in [5, 5.41) is 4.47. The van der Waals surface area contributed by atoms with Crippen LogP contribution in [0.2, 0.25) is 0 Å². The van der Waals surface area contributed by atoms with Gasteiger partial charge in [-0.1, -0.05) is 30.2 Å². The van der Waals surface area contributed by atoms with Gasteiger partial charge in [0.2, 0.25) is 0 Å². The van der Waals surface area contributed by atoms with Gasteiger partial charge in [-0.2, -0.15) is 9.78 Å². The number of terminal acetylenes is 1. The summed E-state index contributed by atoms with van der Waals surface area (Å²) >= 11 is 0. The van der Waals surface area contributed by atoms with Crippen LogP contribution in [0.15, 0.2) is 54.7 Å². The van der Waals surface area contributed by atoms with Crippen molar-refractivity contribution in [1.82, 2.24) is 14.7 Å². The van der Waals surface area contributed by atoms with E-state index in [2.05, 4.69) is 15.9 Å². The molecule has 6 nitrogen and oxygen atoms in total. The monoisotopic (exact) mass is 481 g/mol. The van der Waals surface area contributed by atoms with Crippen molar-refractivity contribution < 1.29 is 14.3 Å². The second kappa shape index (κ2) is 9.31. The Morgan fingerprint density at radius 3 is 2.22 bits per heavy atom. The van der Waals surface area contributed by atoms with Crippen LogP contribution in [0.4, 0.5) is 4.79 Å². The predicted octanol–water partition coefficient (Wildman–Crippen LogP) is 5.48. The first-order valence-corrected chi connectivity index (χ1v) is 12.5. The maximum absolute atomic E-state index is 13.6. The first-order valence-electron chi connectivity index (χ1n) is 12.5. The standard InChI is InChI=1S/C30H31N3O3/c1-5-20-6-8-21(9-7-20)22-10-12-23(13-11-22)28(34)33(25-14-15-25)26-16-17-27-24(18-26)19-32(31-27)29(35)36-30(2,3)4/h1,6-13,19,25-26H,14-18H2,2-4H3. The van der Waals surface area contributed by atoms with Crippen molar-refractivity contribution in [2.75, 3.05) is 0 Å². The first kappa shape index (κ1) is 23.9. The van der Waals surface area contributed by atoms with E-state index in [4.69, 9.17) is 11.2 Å². The lowest BCUT2D eigenvalue weighted by Gasteiger charge is -2.34. The van der Waals surface area contributed by atoms with Gasteiger partial charge in [0.1, 0.15) is 5.60 Å². The van der Waals surface area contributed by atoms with Crippen molar-refractivity contribution in [3.63, 3.8) is 0 Å². The fourth-order valence-electron chi connectivity index (χ4n) is 4.82. The molecule has 0 aliphatic heterocycles. The number of hydrogen-bond donors (Lipinski definition) is 0. The van der Waals surface area contributed by atoms with Crippen LogP contribution in [0, 0.1) is 12.3 Å². The SMILES string of the molecule is C#Cc1ccc(-c2ccc(C(=O)N(C3CC3)C3CCc4nn(C(=O)OC(C)(C)C)cc4C3)cc2)cc1. The second-order valence-electron chi connectivity index (χ2n) is 10.7. The van der Waals surface area contributed by atoms with Gasteiger partial charge in [-0.05, 0) is 93.8 Å². The summed E-state index contributed by atoms with van der Waals surface area (Å²) in [6.07, 6.45) is 11.1. The van der Waals surface area contributed by atoms with Gasteiger partial charge in [-0.3, -0.25) is 4.79 Å². The molecule has 0 saturated heterocycles. The van der Waals surface area contributed by atoms with E-state index in [0.29, 0.717) is 12.0 Å². The number of rotatable bonds is 4. The zero-order chi connectivity index (χ0) is 25.4. The number of ether oxygens (including phenoxy) is 1. The molecule has 2 aliphatic rings. The van der Waals surface area contributed by atoms with Gasteiger partial charge in [0.15, 0.2) is 0 Å². The molecule has 0 radical (unpaired) electrons. The molecule has 184 valence electrons. The molecule has 1 amide bonds. The Balaban J connectivity index is 1.32. The lowest BCUT2D eigenvalue weighted by Crippen LogP contribution is -2.44. The van der Waals surface area contributed by atoms with Gasteiger partial charge >= 0.3 is 6.09 Å². The number of amides is 1. The maximum Gasteiger partial charge on any atom is 0.435 e. The Hall–Kier alpha value is -3.85. The molecular formula is C30H31N3O3. The Kier molecular flexibility index (Phi) is 6.17. The number of aryl methyl sites for hydroxylation is 1. The van der Waals surface area contributed by atoms with Gasteiger partial charge in [-0.25, -0.2) is 4.79 Å². The van der Waals surface area contributed by atoms with Crippen molar-refractivity contribution in [2.24, 2.45) is 0 Å². The molecule has 0 bridgehead atoms. The lowest BCUT2D eigenvalue weighted by molar-refractivity contribution is 0.0513. The molecule has 5 rings (SSSR count). The molecule has 1 saturated carbocycles. The molecule has 0 N–H and O–H groups in total. The van der Waals surface area contributed by atoms with Crippen molar-refractivity contribution in [3.8, 4) is 23.5 Å². The summed E-state index contributed by atoms with van der Waals surface area (Å²) in [7, 11) is 0. The fourth-order valence-corrected chi connectivity index (χ4v) is 4.82. The largest absolute Gasteiger partial charge is 0.442 e. The van der Waals surface area contributed by atoms with Gasteiger partial charge in [0, 0.05) is 29.4 Å². The molecule has 1 atom stereocenters. The fraction of sp³-hybridized carbons (Fsp3) is 0.367. The molecule has 1 fully saturated rings. The van der Waals surface area contributed by atoms with E-state index in [1.807, 2.05) is 69.3 Å². The minimum atomic E-state index is -0.581. The Morgan fingerprint density at radius 2 is 1.64 bits per heavy atom. The second-order valence-corrected chi connectivity index (χ2v) is 10.7. The molecule has 36 heavy (non-hydrogen) atoms. The quantitative estimate of drug-likeness (QED) is 0.463. The van der Waals surface area contributed by atoms with E-state index in [0.717, 1.165) is 53.6 Å². The minimum Gasteiger partial charge on any atom is -0.442 e. The van der Waals surface area contributed by atoms with Crippen molar-refractivity contribution in [1.29, 1.82) is 0 Å². The van der Waals surface area contributed by atoms with Crippen LogP contribution >= 0.6 is 0 Å². The van der Waals surface area contributed by atoms with Crippen LogP contribution in [0.3, 0.4) is 0 Å². The van der Waals surface area contributed by atoms with Gasteiger partial charge in [0.05, 0.1) is 5.69 Å². The molecule has 0 spiro atoms. The number of aromatic nitrogens is 2. The van der Waals surface area contributed by atoms with E-state index in [1.165, 1.54) is 4.68 Å². The van der Waals surface area contributed by atoms with Crippen molar-refractivity contribution >= 4 is 12.0 Å². The van der Waals surface area contributed by atoms with Crippen LogP contribution in [-0.2, 0) is 17.6 Å². The zero-order valence-electron chi connectivity index (χ0n) is 21.0. The number of fused-ring (bicyclic) bond motifs is 1. The third-order valence-corrected chi connectivity index (χ3v) is 6.71. The number of benzene rings is 2. The third-order valence-electron chi connectivity index (χ3n) is 6.71. The summed E-state index contributed by atoms with van der Waals surface area (Å²) < 4.78 is 6.76. The third kappa shape index (κ3) is 5.06. The lowest BCUT2D eigenvalue weighted by atomic mass is 9.91. The average molecular weight is 482 g/mol. The summed E-state index contributed by atoms with van der Waals surface area (Å²) in [5.41, 5.74) is 5.00. The number of hydrogen-bond acceptors (Lipinski definition) is 4. The molecule has 6 heteroatoms. The Labute approximate surface area is 212 Å².